The molecule has 1 heterocycles. The maximum absolute atomic E-state index is 5.76. The van der Waals surface area contributed by atoms with E-state index in [0.717, 1.165) is 28.5 Å². The number of rotatable bonds is 3. The summed E-state index contributed by atoms with van der Waals surface area (Å²) in [5.74, 6) is 1.64. The molecule has 0 unspecified atom stereocenters. The maximum atomic E-state index is 5.76. The molecule has 0 bridgehead atoms. The van der Waals surface area contributed by atoms with E-state index in [1.54, 1.807) is 12.4 Å². The lowest BCUT2D eigenvalue weighted by atomic mass is 10.1. The third-order valence-corrected chi connectivity index (χ3v) is 2.99. The predicted octanol–water partition coefficient (Wildman–Crippen LogP) is 4.24. The van der Waals surface area contributed by atoms with E-state index in [0.29, 0.717) is 0 Å². The van der Waals surface area contributed by atoms with Crippen LogP contribution >= 0.6 is 0 Å². The smallest absolute Gasteiger partial charge is 0.127 e. The molecule has 3 nitrogen and oxygen atoms in total. The molecule has 1 aromatic heterocycles. The van der Waals surface area contributed by atoms with Crippen molar-refractivity contribution in [2.45, 2.75) is 6.92 Å². The lowest BCUT2D eigenvalue weighted by Gasteiger charge is -2.07. The van der Waals surface area contributed by atoms with Crippen molar-refractivity contribution in [3.8, 4) is 22.8 Å². The SMILES string of the molecule is Cc1nccnc1-c1ccc(Oc2ccccc2)cc1. The number of aryl methyl sites for hydroxylation is 1. The summed E-state index contributed by atoms with van der Waals surface area (Å²) in [4.78, 5) is 8.61. The van der Waals surface area contributed by atoms with Crippen molar-refractivity contribution < 1.29 is 4.74 Å². The third-order valence-electron chi connectivity index (χ3n) is 2.99. The Labute approximate surface area is 117 Å². The highest BCUT2D eigenvalue weighted by Gasteiger charge is 2.04. The summed E-state index contributed by atoms with van der Waals surface area (Å²) in [6.45, 7) is 1.96. The van der Waals surface area contributed by atoms with Crippen LogP contribution < -0.4 is 4.74 Å². The third kappa shape index (κ3) is 2.67. The van der Waals surface area contributed by atoms with Crippen LogP contribution in [0, 0.1) is 6.92 Å². The molecule has 2 aromatic carbocycles. The van der Waals surface area contributed by atoms with E-state index in [-0.39, 0.29) is 0 Å². The molecule has 20 heavy (non-hydrogen) atoms. The second kappa shape index (κ2) is 5.53. The van der Waals surface area contributed by atoms with Crippen molar-refractivity contribution in [3.63, 3.8) is 0 Å². The number of benzene rings is 2. The Morgan fingerprint density at radius 1 is 0.750 bits per heavy atom. The summed E-state index contributed by atoms with van der Waals surface area (Å²) in [7, 11) is 0. The van der Waals surface area contributed by atoms with Crippen molar-refractivity contribution in [1.82, 2.24) is 9.97 Å². The number of hydrogen-bond acceptors (Lipinski definition) is 3. The van der Waals surface area contributed by atoms with Gasteiger partial charge in [0.15, 0.2) is 0 Å². The minimum Gasteiger partial charge on any atom is -0.457 e. The molecule has 3 rings (SSSR count). The van der Waals surface area contributed by atoms with Crippen LogP contribution in [-0.4, -0.2) is 9.97 Å². The summed E-state index contributed by atoms with van der Waals surface area (Å²) in [5.41, 5.74) is 2.86. The Bertz CT molecular complexity index is 694. The van der Waals surface area contributed by atoms with E-state index in [1.807, 2.05) is 61.5 Å². The zero-order valence-corrected chi connectivity index (χ0v) is 11.2. The number of ether oxygens (including phenoxy) is 1. The summed E-state index contributed by atoms with van der Waals surface area (Å²) in [6.07, 6.45) is 3.41. The second-order valence-corrected chi connectivity index (χ2v) is 4.43. The van der Waals surface area contributed by atoms with Gasteiger partial charge in [-0.05, 0) is 43.3 Å². The van der Waals surface area contributed by atoms with Crippen LogP contribution in [0.15, 0.2) is 67.0 Å². The highest BCUT2D eigenvalue weighted by Crippen LogP contribution is 2.25. The predicted molar refractivity (Wildman–Crippen MR) is 78.7 cm³/mol. The second-order valence-electron chi connectivity index (χ2n) is 4.43. The first-order valence-corrected chi connectivity index (χ1v) is 6.44. The summed E-state index contributed by atoms with van der Waals surface area (Å²) in [5, 5.41) is 0. The van der Waals surface area contributed by atoms with Gasteiger partial charge in [0.25, 0.3) is 0 Å². The molecule has 0 saturated carbocycles. The molecule has 3 aromatic rings. The molecular weight excluding hydrogens is 248 g/mol. The first kappa shape index (κ1) is 12.4. The van der Waals surface area contributed by atoms with Crippen LogP contribution in [0.1, 0.15) is 5.69 Å². The van der Waals surface area contributed by atoms with Crippen molar-refractivity contribution >= 4 is 0 Å². The minimum atomic E-state index is 0.807. The van der Waals surface area contributed by atoms with Crippen LogP contribution in [0.3, 0.4) is 0 Å². The summed E-state index contributed by atoms with van der Waals surface area (Å²) < 4.78 is 5.76. The molecule has 98 valence electrons. The van der Waals surface area contributed by atoms with Gasteiger partial charge in [0.2, 0.25) is 0 Å². The van der Waals surface area contributed by atoms with Crippen LogP contribution in [0.2, 0.25) is 0 Å². The van der Waals surface area contributed by atoms with Crippen LogP contribution in [0.25, 0.3) is 11.3 Å². The fourth-order valence-electron chi connectivity index (χ4n) is 2.00. The standard InChI is InChI=1S/C17H14N2O/c1-13-17(19-12-11-18-13)14-7-9-16(10-8-14)20-15-5-3-2-4-6-15/h2-12H,1H3. The normalized spacial score (nSPS) is 10.2. The molecule has 0 radical (unpaired) electrons. The molecule has 0 spiro atoms. The lowest BCUT2D eigenvalue weighted by molar-refractivity contribution is 0.483. The van der Waals surface area contributed by atoms with Crippen LogP contribution in [0.5, 0.6) is 11.5 Å². The van der Waals surface area contributed by atoms with E-state index < -0.39 is 0 Å². The van der Waals surface area contributed by atoms with E-state index in [2.05, 4.69) is 9.97 Å². The number of para-hydroxylation sites is 1. The highest BCUT2D eigenvalue weighted by atomic mass is 16.5. The Hall–Kier alpha value is -2.68. The van der Waals surface area contributed by atoms with Gasteiger partial charge in [-0.1, -0.05) is 18.2 Å². The van der Waals surface area contributed by atoms with Gasteiger partial charge in [-0.2, -0.15) is 0 Å². The molecule has 0 aliphatic rings. The first-order valence-electron chi connectivity index (χ1n) is 6.44. The number of aromatic nitrogens is 2. The van der Waals surface area contributed by atoms with Crippen LogP contribution in [-0.2, 0) is 0 Å². The molecule has 0 N–H and O–H groups in total. The van der Waals surface area contributed by atoms with Gasteiger partial charge in [-0.3, -0.25) is 9.97 Å². The monoisotopic (exact) mass is 262 g/mol. The van der Waals surface area contributed by atoms with Gasteiger partial charge in [-0.15, -0.1) is 0 Å². The first-order chi connectivity index (χ1) is 9.83. The van der Waals surface area contributed by atoms with Gasteiger partial charge >= 0.3 is 0 Å². The lowest BCUT2D eigenvalue weighted by Crippen LogP contribution is -1.91. The van der Waals surface area contributed by atoms with E-state index in [1.165, 1.54) is 0 Å². The highest BCUT2D eigenvalue weighted by molar-refractivity contribution is 5.62. The Kier molecular flexibility index (Phi) is 3.42. The van der Waals surface area contributed by atoms with Crippen molar-refractivity contribution in [2.24, 2.45) is 0 Å². The van der Waals surface area contributed by atoms with Gasteiger partial charge in [0.05, 0.1) is 11.4 Å². The summed E-state index contributed by atoms with van der Waals surface area (Å²) in [6, 6.07) is 17.6. The molecule has 0 aliphatic heterocycles. The zero-order valence-electron chi connectivity index (χ0n) is 11.2. The fourth-order valence-corrected chi connectivity index (χ4v) is 2.00. The summed E-state index contributed by atoms with van der Waals surface area (Å²) >= 11 is 0. The van der Waals surface area contributed by atoms with Crippen molar-refractivity contribution in [2.75, 3.05) is 0 Å². The van der Waals surface area contributed by atoms with E-state index in [9.17, 15) is 0 Å². The molecule has 0 atom stereocenters. The van der Waals surface area contributed by atoms with E-state index >= 15 is 0 Å². The topological polar surface area (TPSA) is 35.0 Å². The quantitative estimate of drug-likeness (QED) is 0.708. The van der Waals surface area contributed by atoms with Gasteiger partial charge in [0, 0.05) is 18.0 Å². The molecule has 0 saturated heterocycles. The average Bonchev–Trinajstić information content (AvgIpc) is 2.50. The largest absolute Gasteiger partial charge is 0.457 e. The number of hydrogen-bond donors (Lipinski definition) is 0. The zero-order chi connectivity index (χ0) is 13.8. The van der Waals surface area contributed by atoms with E-state index in [4.69, 9.17) is 4.74 Å². The van der Waals surface area contributed by atoms with Crippen molar-refractivity contribution in [3.05, 3.63) is 72.7 Å². The molecule has 0 aliphatic carbocycles. The Balaban J connectivity index is 1.83. The molecule has 0 fully saturated rings. The Morgan fingerprint density at radius 3 is 2.10 bits per heavy atom. The molecule has 0 amide bonds. The maximum Gasteiger partial charge on any atom is 0.127 e. The van der Waals surface area contributed by atoms with Gasteiger partial charge in [0.1, 0.15) is 11.5 Å². The van der Waals surface area contributed by atoms with Gasteiger partial charge < -0.3 is 4.74 Å². The Morgan fingerprint density at radius 2 is 1.40 bits per heavy atom. The van der Waals surface area contributed by atoms with Crippen molar-refractivity contribution in [1.29, 1.82) is 0 Å². The molecule has 3 heteroatoms. The average molecular weight is 262 g/mol. The fraction of sp³-hybridized carbons (Fsp3) is 0.0588. The number of nitrogens with zero attached hydrogens (tertiary/aromatic N) is 2. The molecular formula is C17H14N2O. The van der Waals surface area contributed by atoms with Gasteiger partial charge in [-0.25, -0.2) is 0 Å². The van der Waals surface area contributed by atoms with Crippen LogP contribution in [0.4, 0.5) is 0 Å². The minimum absolute atomic E-state index is 0.807.